The lowest BCUT2D eigenvalue weighted by molar-refractivity contribution is -0.140. The molecule has 32 heavy (non-hydrogen) atoms. The molecule has 1 heterocycles. The molecule has 2 aromatic rings. The van der Waals surface area contributed by atoms with Gasteiger partial charge in [-0.1, -0.05) is 11.6 Å². The second-order valence-electron chi connectivity index (χ2n) is 7.10. The minimum Gasteiger partial charge on any atom is -0.507 e. The number of carbonyl (C=O) groups is 3. The van der Waals surface area contributed by atoms with E-state index in [1.54, 1.807) is 30.3 Å². The van der Waals surface area contributed by atoms with Crippen LogP contribution in [0.15, 0.2) is 48.0 Å². The van der Waals surface area contributed by atoms with Gasteiger partial charge in [-0.25, -0.2) is 0 Å². The van der Waals surface area contributed by atoms with Gasteiger partial charge in [-0.15, -0.1) is 0 Å². The summed E-state index contributed by atoms with van der Waals surface area (Å²) in [6.07, 6.45) is -0.0367. The van der Waals surface area contributed by atoms with Crippen LogP contribution in [-0.2, 0) is 14.4 Å². The number of carboxylic acids is 1. The van der Waals surface area contributed by atoms with Crippen molar-refractivity contribution in [3.05, 3.63) is 64.2 Å². The summed E-state index contributed by atoms with van der Waals surface area (Å²) in [6.45, 7) is 0.00806. The van der Waals surface area contributed by atoms with E-state index in [4.69, 9.17) is 26.2 Å². The van der Waals surface area contributed by atoms with Gasteiger partial charge in [0.1, 0.15) is 17.3 Å². The molecule has 8 nitrogen and oxygen atoms in total. The Hall–Kier alpha value is -3.52. The zero-order valence-corrected chi connectivity index (χ0v) is 18.3. The van der Waals surface area contributed by atoms with Crippen molar-refractivity contribution in [1.29, 1.82) is 0 Å². The summed E-state index contributed by atoms with van der Waals surface area (Å²) in [5, 5.41) is 20.4. The summed E-state index contributed by atoms with van der Waals surface area (Å²) >= 11 is 5.92. The van der Waals surface area contributed by atoms with Gasteiger partial charge in [0, 0.05) is 35.2 Å². The lowest BCUT2D eigenvalue weighted by Crippen LogP contribution is -2.31. The standard InChI is InChI=1S/C23H22ClNO7/c1-31-15-9-10-16(17(12-15)32-2)20-19(21(28)13-5-7-14(24)8-6-13)22(29)23(30)25(20)11-3-4-18(26)27/h5-10,12,20,28H,3-4,11H2,1-2H3,(H,26,27). The number of rotatable bonds is 8. The van der Waals surface area contributed by atoms with Gasteiger partial charge in [0.05, 0.1) is 25.8 Å². The van der Waals surface area contributed by atoms with Gasteiger partial charge in [-0.3, -0.25) is 14.4 Å². The molecule has 168 valence electrons. The smallest absolute Gasteiger partial charge is 0.303 e. The molecule has 0 aromatic heterocycles. The topological polar surface area (TPSA) is 113 Å². The van der Waals surface area contributed by atoms with Gasteiger partial charge in [0.25, 0.3) is 11.7 Å². The largest absolute Gasteiger partial charge is 0.507 e. The van der Waals surface area contributed by atoms with Crippen LogP contribution in [0.2, 0.25) is 5.02 Å². The zero-order chi connectivity index (χ0) is 23.4. The Morgan fingerprint density at radius 1 is 1.06 bits per heavy atom. The van der Waals surface area contributed by atoms with Crippen molar-refractivity contribution in [3.63, 3.8) is 0 Å². The van der Waals surface area contributed by atoms with Gasteiger partial charge >= 0.3 is 5.97 Å². The SMILES string of the molecule is COc1ccc(C2C(=C(O)c3ccc(Cl)cc3)C(=O)C(=O)N2CCCC(=O)O)c(OC)c1. The number of halogens is 1. The number of ketones is 1. The average molecular weight is 460 g/mol. The molecule has 2 aromatic carbocycles. The molecule has 1 amide bonds. The van der Waals surface area contributed by atoms with Gasteiger partial charge in [0.15, 0.2) is 0 Å². The number of hydrogen-bond acceptors (Lipinski definition) is 6. The average Bonchev–Trinajstić information content (AvgIpc) is 3.03. The van der Waals surface area contributed by atoms with E-state index >= 15 is 0 Å². The Bertz CT molecular complexity index is 1080. The van der Waals surface area contributed by atoms with Crippen molar-refractivity contribution in [2.45, 2.75) is 18.9 Å². The van der Waals surface area contributed by atoms with E-state index in [-0.39, 0.29) is 30.7 Å². The number of aliphatic carboxylic acids is 1. The number of carboxylic acid groups (broad SMARTS) is 1. The van der Waals surface area contributed by atoms with Crippen molar-refractivity contribution in [1.82, 2.24) is 4.90 Å². The third-order valence-corrected chi connectivity index (χ3v) is 5.43. The number of ether oxygens (including phenoxy) is 2. The quantitative estimate of drug-likeness (QED) is 0.352. The van der Waals surface area contributed by atoms with E-state index < -0.39 is 23.7 Å². The molecule has 0 radical (unpaired) electrons. The molecule has 9 heteroatoms. The number of likely N-dealkylation sites (tertiary alicyclic amines) is 1. The number of Topliss-reactive ketones (excluding diaryl/α,β-unsaturated/α-hetero) is 1. The highest BCUT2D eigenvalue weighted by Gasteiger charge is 2.46. The first-order valence-electron chi connectivity index (χ1n) is 9.76. The van der Waals surface area contributed by atoms with Crippen LogP contribution >= 0.6 is 11.6 Å². The van der Waals surface area contributed by atoms with E-state index in [1.165, 1.54) is 31.3 Å². The molecule has 3 rings (SSSR count). The molecule has 1 saturated heterocycles. The first-order valence-corrected chi connectivity index (χ1v) is 10.1. The van der Waals surface area contributed by atoms with Crippen molar-refractivity contribution >= 4 is 35.0 Å². The highest BCUT2D eigenvalue weighted by Crippen LogP contribution is 2.43. The minimum absolute atomic E-state index is 0.00806. The Labute approximate surface area is 189 Å². The maximum absolute atomic E-state index is 13.0. The lowest BCUT2D eigenvalue weighted by atomic mass is 9.94. The van der Waals surface area contributed by atoms with Gasteiger partial charge < -0.3 is 24.6 Å². The third-order valence-electron chi connectivity index (χ3n) is 5.18. The molecule has 0 bridgehead atoms. The monoisotopic (exact) mass is 459 g/mol. The fourth-order valence-corrected chi connectivity index (χ4v) is 3.77. The minimum atomic E-state index is -1.01. The first-order chi connectivity index (χ1) is 15.3. The zero-order valence-electron chi connectivity index (χ0n) is 17.5. The summed E-state index contributed by atoms with van der Waals surface area (Å²) in [7, 11) is 2.93. The maximum atomic E-state index is 13.0. The van der Waals surface area contributed by atoms with Crippen LogP contribution in [0.1, 0.15) is 30.0 Å². The molecule has 1 aliphatic rings. The van der Waals surface area contributed by atoms with Crippen molar-refractivity contribution in [2.24, 2.45) is 0 Å². The number of carbonyl (C=O) groups excluding carboxylic acids is 2. The Morgan fingerprint density at radius 3 is 2.34 bits per heavy atom. The number of amides is 1. The van der Waals surface area contributed by atoms with Gasteiger partial charge in [-0.2, -0.15) is 0 Å². The van der Waals surface area contributed by atoms with E-state index in [0.717, 1.165) is 0 Å². The first kappa shape index (κ1) is 23.1. The Kier molecular flexibility index (Phi) is 7.05. The summed E-state index contributed by atoms with van der Waals surface area (Å²) in [5.74, 6) is -2.21. The number of nitrogens with zero attached hydrogens (tertiary/aromatic N) is 1. The second-order valence-corrected chi connectivity index (χ2v) is 7.54. The maximum Gasteiger partial charge on any atom is 0.303 e. The molecular weight excluding hydrogens is 438 g/mol. The Morgan fingerprint density at radius 2 is 1.75 bits per heavy atom. The normalized spacial score (nSPS) is 17.5. The van der Waals surface area contributed by atoms with Crippen molar-refractivity contribution < 1.29 is 34.1 Å². The molecule has 1 unspecified atom stereocenters. The van der Waals surface area contributed by atoms with Gasteiger partial charge in [-0.05, 0) is 42.8 Å². The number of benzene rings is 2. The highest BCUT2D eigenvalue weighted by atomic mass is 35.5. The molecular formula is C23H22ClNO7. The third kappa shape index (κ3) is 4.55. The van der Waals surface area contributed by atoms with E-state index in [2.05, 4.69) is 0 Å². The van der Waals surface area contributed by atoms with Crippen LogP contribution in [0, 0.1) is 0 Å². The molecule has 1 aliphatic heterocycles. The summed E-state index contributed by atoms with van der Waals surface area (Å²) in [5.41, 5.74) is 0.657. The summed E-state index contributed by atoms with van der Waals surface area (Å²) in [6, 6.07) is 10.1. The number of aliphatic hydroxyl groups excluding tert-OH is 1. The summed E-state index contributed by atoms with van der Waals surface area (Å²) < 4.78 is 10.7. The van der Waals surface area contributed by atoms with E-state index in [1.807, 2.05) is 0 Å². The fourth-order valence-electron chi connectivity index (χ4n) is 3.64. The molecule has 0 aliphatic carbocycles. The van der Waals surface area contributed by atoms with Gasteiger partial charge in [0.2, 0.25) is 0 Å². The number of aliphatic hydroxyl groups is 1. The number of hydrogen-bond donors (Lipinski definition) is 2. The Balaban J connectivity index is 2.17. The van der Waals surface area contributed by atoms with Crippen LogP contribution in [-0.4, -0.2) is 53.5 Å². The van der Waals surface area contributed by atoms with E-state index in [0.29, 0.717) is 27.6 Å². The summed E-state index contributed by atoms with van der Waals surface area (Å²) in [4.78, 5) is 38.1. The van der Waals surface area contributed by atoms with Crippen LogP contribution in [0.5, 0.6) is 11.5 Å². The lowest BCUT2D eigenvalue weighted by Gasteiger charge is -2.26. The van der Waals surface area contributed by atoms with Crippen LogP contribution in [0.3, 0.4) is 0 Å². The predicted octanol–water partition coefficient (Wildman–Crippen LogP) is 3.64. The van der Waals surface area contributed by atoms with Crippen molar-refractivity contribution in [3.8, 4) is 11.5 Å². The predicted molar refractivity (Wildman–Crippen MR) is 117 cm³/mol. The van der Waals surface area contributed by atoms with Crippen LogP contribution < -0.4 is 9.47 Å². The van der Waals surface area contributed by atoms with Crippen molar-refractivity contribution in [2.75, 3.05) is 20.8 Å². The molecule has 0 spiro atoms. The molecule has 0 saturated carbocycles. The highest BCUT2D eigenvalue weighted by molar-refractivity contribution is 6.46. The van der Waals surface area contributed by atoms with Crippen LogP contribution in [0.25, 0.3) is 5.76 Å². The fraction of sp³-hybridized carbons (Fsp3) is 0.261. The second kappa shape index (κ2) is 9.74. The molecule has 1 fully saturated rings. The molecule has 1 atom stereocenters. The van der Waals surface area contributed by atoms with E-state index in [9.17, 15) is 19.5 Å². The van der Waals surface area contributed by atoms with Crippen LogP contribution in [0.4, 0.5) is 0 Å². The molecule has 2 N–H and O–H groups in total. The number of methoxy groups -OCH3 is 2.